The maximum Gasteiger partial charge on any atom is 0.336 e. The Morgan fingerprint density at radius 1 is 1.04 bits per heavy atom. The molecule has 0 unspecified atom stereocenters. The number of nitrogens with two attached hydrogens (primary N) is 1. The SMILES string of the molecule is C[C@@H]([NH2+]Cc1cc(=O)oc2ccc3ccccc3c12)c1cccc(Cl)c1. The van der Waals surface area contributed by atoms with Crippen LogP contribution >= 0.6 is 11.6 Å². The lowest BCUT2D eigenvalue weighted by atomic mass is 10.0. The van der Waals surface area contributed by atoms with Crippen LogP contribution in [0.1, 0.15) is 24.1 Å². The van der Waals surface area contributed by atoms with E-state index in [-0.39, 0.29) is 11.7 Å². The van der Waals surface area contributed by atoms with E-state index in [1.165, 1.54) is 0 Å². The van der Waals surface area contributed by atoms with Gasteiger partial charge in [-0.05, 0) is 35.9 Å². The molecule has 0 saturated carbocycles. The summed E-state index contributed by atoms with van der Waals surface area (Å²) in [7, 11) is 0. The van der Waals surface area contributed by atoms with E-state index < -0.39 is 0 Å². The van der Waals surface area contributed by atoms with Crippen LogP contribution in [0.15, 0.2) is 75.9 Å². The molecular weight excluding hydrogens is 346 g/mol. The van der Waals surface area contributed by atoms with Crippen molar-refractivity contribution in [2.24, 2.45) is 0 Å². The molecule has 0 spiro atoms. The fraction of sp³-hybridized carbons (Fsp3) is 0.136. The Morgan fingerprint density at radius 2 is 1.88 bits per heavy atom. The van der Waals surface area contributed by atoms with E-state index in [2.05, 4.69) is 30.4 Å². The normalized spacial score (nSPS) is 12.5. The van der Waals surface area contributed by atoms with E-state index in [1.54, 1.807) is 6.07 Å². The summed E-state index contributed by atoms with van der Waals surface area (Å²) in [4.78, 5) is 12.0. The van der Waals surface area contributed by atoms with Gasteiger partial charge in [0.05, 0.1) is 0 Å². The summed E-state index contributed by atoms with van der Waals surface area (Å²) in [5.41, 5.74) is 2.47. The molecule has 3 aromatic carbocycles. The van der Waals surface area contributed by atoms with Crippen molar-refractivity contribution in [1.82, 2.24) is 0 Å². The summed E-state index contributed by atoms with van der Waals surface area (Å²) >= 11 is 6.10. The van der Waals surface area contributed by atoms with Gasteiger partial charge in [-0.3, -0.25) is 0 Å². The summed E-state index contributed by atoms with van der Waals surface area (Å²) in [6.45, 7) is 2.82. The van der Waals surface area contributed by atoms with Crippen molar-refractivity contribution in [3.05, 3.63) is 93.3 Å². The number of fused-ring (bicyclic) bond motifs is 3. The van der Waals surface area contributed by atoms with Crippen molar-refractivity contribution in [3.63, 3.8) is 0 Å². The largest absolute Gasteiger partial charge is 0.423 e. The fourth-order valence-electron chi connectivity index (χ4n) is 3.41. The van der Waals surface area contributed by atoms with Crippen molar-refractivity contribution in [2.45, 2.75) is 19.5 Å². The van der Waals surface area contributed by atoms with Gasteiger partial charge >= 0.3 is 5.63 Å². The lowest BCUT2D eigenvalue weighted by Crippen LogP contribution is -2.83. The summed E-state index contributed by atoms with van der Waals surface area (Å²) in [5.74, 6) is 0. The van der Waals surface area contributed by atoms with Crippen molar-refractivity contribution in [1.29, 1.82) is 0 Å². The zero-order chi connectivity index (χ0) is 18.1. The summed E-state index contributed by atoms with van der Waals surface area (Å²) in [5, 5.41) is 6.20. The van der Waals surface area contributed by atoms with E-state index in [4.69, 9.17) is 16.0 Å². The van der Waals surface area contributed by atoms with Crippen molar-refractivity contribution in [3.8, 4) is 0 Å². The molecule has 130 valence electrons. The third kappa shape index (κ3) is 3.24. The lowest BCUT2D eigenvalue weighted by Gasteiger charge is -2.13. The van der Waals surface area contributed by atoms with E-state index in [1.807, 2.05) is 42.5 Å². The second-order valence-electron chi connectivity index (χ2n) is 6.53. The average molecular weight is 365 g/mol. The highest BCUT2D eigenvalue weighted by atomic mass is 35.5. The van der Waals surface area contributed by atoms with Gasteiger partial charge in [0.25, 0.3) is 0 Å². The first-order valence-electron chi connectivity index (χ1n) is 8.65. The van der Waals surface area contributed by atoms with E-state index >= 15 is 0 Å². The van der Waals surface area contributed by atoms with Crippen molar-refractivity contribution < 1.29 is 9.73 Å². The van der Waals surface area contributed by atoms with Crippen LogP contribution in [0.3, 0.4) is 0 Å². The third-order valence-electron chi connectivity index (χ3n) is 4.78. The molecule has 26 heavy (non-hydrogen) atoms. The molecular formula is C22H19ClNO2+. The first-order chi connectivity index (χ1) is 12.6. The molecule has 4 rings (SSSR count). The molecule has 0 aliphatic carbocycles. The Hall–Kier alpha value is -2.62. The molecule has 3 nitrogen and oxygen atoms in total. The highest BCUT2D eigenvalue weighted by Crippen LogP contribution is 2.27. The second kappa shape index (κ2) is 6.94. The summed E-state index contributed by atoms with van der Waals surface area (Å²) < 4.78 is 5.43. The summed E-state index contributed by atoms with van der Waals surface area (Å²) in [6, 6.07) is 21.8. The van der Waals surface area contributed by atoms with Crippen LogP contribution in [0.25, 0.3) is 21.7 Å². The highest BCUT2D eigenvalue weighted by molar-refractivity contribution is 6.30. The Bertz CT molecular complexity index is 1150. The molecule has 1 aromatic heterocycles. The van der Waals surface area contributed by atoms with Crippen LogP contribution in [0.5, 0.6) is 0 Å². The van der Waals surface area contributed by atoms with Gasteiger partial charge in [-0.1, -0.05) is 54.1 Å². The maximum absolute atomic E-state index is 12.0. The fourth-order valence-corrected chi connectivity index (χ4v) is 3.61. The minimum atomic E-state index is -0.313. The van der Waals surface area contributed by atoms with E-state index in [0.29, 0.717) is 12.1 Å². The second-order valence-corrected chi connectivity index (χ2v) is 6.97. The first kappa shape index (κ1) is 16.8. The first-order valence-corrected chi connectivity index (χ1v) is 9.03. The minimum absolute atomic E-state index is 0.228. The van der Waals surface area contributed by atoms with E-state index in [9.17, 15) is 4.79 Å². The average Bonchev–Trinajstić information content (AvgIpc) is 2.65. The quantitative estimate of drug-likeness (QED) is 0.430. The van der Waals surface area contributed by atoms with Gasteiger partial charge in [0.15, 0.2) is 0 Å². The molecule has 4 aromatic rings. The minimum Gasteiger partial charge on any atom is -0.423 e. The number of halogens is 1. The summed E-state index contributed by atoms with van der Waals surface area (Å²) in [6.07, 6.45) is 0. The monoisotopic (exact) mass is 364 g/mol. The molecule has 0 amide bonds. The number of hydrogen-bond acceptors (Lipinski definition) is 2. The molecule has 0 fully saturated rings. The number of rotatable bonds is 4. The van der Waals surface area contributed by atoms with Gasteiger partial charge < -0.3 is 9.73 Å². The van der Waals surface area contributed by atoms with Gasteiger partial charge in [-0.15, -0.1) is 0 Å². The smallest absolute Gasteiger partial charge is 0.336 e. The van der Waals surface area contributed by atoms with Crippen LogP contribution < -0.4 is 10.9 Å². The van der Waals surface area contributed by atoms with Crippen LogP contribution in [0.2, 0.25) is 5.02 Å². The Balaban J connectivity index is 1.74. The van der Waals surface area contributed by atoms with Crippen molar-refractivity contribution >= 4 is 33.3 Å². The Labute approximate surface area is 156 Å². The lowest BCUT2D eigenvalue weighted by molar-refractivity contribution is -0.707. The van der Waals surface area contributed by atoms with Crippen LogP contribution in [0.4, 0.5) is 0 Å². The topological polar surface area (TPSA) is 46.8 Å². The molecule has 0 radical (unpaired) electrons. The van der Waals surface area contributed by atoms with Crippen LogP contribution in [-0.2, 0) is 6.54 Å². The molecule has 1 heterocycles. The van der Waals surface area contributed by atoms with Gasteiger partial charge in [0.2, 0.25) is 0 Å². The highest BCUT2D eigenvalue weighted by Gasteiger charge is 2.14. The Kier molecular flexibility index (Phi) is 4.49. The van der Waals surface area contributed by atoms with Gasteiger partial charge in [-0.2, -0.15) is 0 Å². The number of quaternary nitrogens is 1. The van der Waals surface area contributed by atoms with Gasteiger partial charge in [-0.25, -0.2) is 4.79 Å². The zero-order valence-electron chi connectivity index (χ0n) is 14.4. The molecule has 0 aliphatic heterocycles. The van der Waals surface area contributed by atoms with Gasteiger partial charge in [0, 0.05) is 27.6 Å². The van der Waals surface area contributed by atoms with Crippen LogP contribution in [-0.4, -0.2) is 0 Å². The molecule has 4 heteroatoms. The molecule has 1 atom stereocenters. The Morgan fingerprint density at radius 3 is 2.73 bits per heavy atom. The van der Waals surface area contributed by atoms with Crippen molar-refractivity contribution in [2.75, 3.05) is 0 Å². The predicted molar refractivity (Wildman–Crippen MR) is 105 cm³/mol. The standard InChI is InChI=1S/C22H18ClNO2/c1-14(16-6-4-7-18(23)11-16)24-13-17-12-21(25)26-20-10-9-15-5-2-3-8-19(15)22(17)20/h2-12,14,24H,13H2,1H3/p+1/t14-/m1/s1. The number of hydrogen-bond donors (Lipinski definition) is 1. The molecule has 0 saturated heterocycles. The molecule has 0 aliphatic rings. The zero-order valence-corrected chi connectivity index (χ0v) is 15.2. The predicted octanol–water partition coefficient (Wildman–Crippen LogP) is 4.42. The molecule has 0 bridgehead atoms. The third-order valence-corrected chi connectivity index (χ3v) is 5.02. The number of benzene rings is 3. The van der Waals surface area contributed by atoms with Crippen LogP contribution in [0, 0.1) is 0 Å². The molecule has 2 N–H and O–H groups in total. The van der Waals surface area contributed by atoms with E-state index in [0.717, 1.165) is 32.3 Å². The maximum atomic E-state index is 12.0. The van der Waals surface area contributed by atoms with Gasteiger partial charge in [0.1, 0.15) is 18.2 Å².